The summed E-state index contributed by atoms with van der Waals surface area (Å²) in [5.74, 6) is 2.60. The second-order valence-electron chi connectivity index (χ2n) is 5.41. The van der Waals surface area contributed by atoms with Crippen LogP contribution in [0.5, 0.6) is 0 Å². The Labute approximate surface area is 111 Å². The number of fused-ring (bicyclic) bond motifs is 3. The van der Waals surface area contributed by atoms with Gasteiger partial charge in [-0.1, -0.05) is 6.92 Å². The van der Waals surface area contributed by atoms with Crippen LogP contribution in [-0.4, -0.2) is 27.7 Å². The van der Waals surface area contributed by atoms with Crippen molar-refractivity contribution in [1.82, 2.24) is 14.8 Å². The van der Waals surface area contributed by atoms with E-state index < -0.39 is 0 Å². The zero-order chi connectivity index (χ0) is 12.9. The maximum atomic E-state index is 12.4. The average molecular weight is 269 g/mol. The van der Waals surface area contributed by atoms with Crippen molar-refractivity contribution in [2.24, 2.45) is 11.8 Å². The standard InChI is InChI=1S/C12H17ClN4O/c1-7-3-4-9-8(5-7)11(18)16(2)12-15-14-10(6-13)17(9)12/h7-9H,3-6H2,1-2H3. The molecule has 1 aliphatic heterocycles. The van der Waals surface area contributed by atoms with E-state index in [1.54, 1.807) is 11.9 Å². The Kier molecular flexibility index (Phi) is 2.81. The predicted molar refractivity (Wildman–Crippen MR) is 68.5 cm³/mol. The van der Waals surface area contributed by atoms with Crippen LogP contribution in [0.2, 0.25) is 0 Å². The predicted octanol–water partition coefficient (Wildman–Crippen LogP) is 1.97. The van der Waals surface area contributed by atoms with E-state index in [1.807, 2.05) is 0 Å². The van der Waals surface area contributed by atoms with Crippen molar-refractivity contribution in [2.75, 3.05) is 11.9 Å². The molecule has 0 bridgehead atoms. The number of amides is 1. The second kappa shape index (κ2) is 4.23. The van der Waals surface area contributed by atoms with Crippen LogP contribution in [0.1, 0.15) is 38.1 Å². The third-order valence-corrected chi connectivity index (χ3v) is 4.46. The highest BCUT2D eigenvalue weighted by Gasteiger charge is 2.43. The number of nitrogens with zero attached hydrogens (tertiary/aromatic N) is 4. The minimum Gasteiger partial charge on any atom is -0.292 e. The van der Waals surface area contributed by atoms with Gasteiger partial charge in [0.25, 0.3) is 0 Å². The Morgan fingerprint density at radius 3 is 2.89 bits per heavy atom. The van der Waals surface area contributed by atoms with Crippen LogP contribution in [0.4, 0.5) is 5.95 Å². The van der Waals surface area contributed by atoms with Crippen LogP contribution in [0.25, 0.3) is 0 Å². The molecule has 3 unspecified atom stereocenters. The Bertz CT molecular complexity index is 486. The maximum Gasteiger partial charge on any atom is 0.234 e. The lowest BCUT2D eigenvalue weighted by atomic mass is 9.77. The van der Waals surface area contributed by atoms with Crippen molar-refractivity contribution in [2.45, 2.75) is 38.1 Å². The van der Waals surface area contributed by atoms with Crippen LogP contribution in [0, 0.1) is 11.8 Å². The Morgan fingerprint density at radius 1 is 1.39 bits per heavy atom. The molecular weight excluding hydrogens is 252 g/mol. The van der Waals surface area contributed by atoms with Gasteiger partial charge in [-0.05, 0) is 25.2 Å². The molecule has 2 heterocycles. The normalized spacial score (nSPS) is 31.2. The molecule has 1 aliphatic carbocycles. The maximum absolute atomic E-state index is 12.4. The van der Waals surface area contributed by atoms with Crippen LogP contribution < -0.4 is 4.90 Å². The van der Waals surface area contributed by atoms with Gasteiger partial charge in [0.2, 0.25) is 11.9 Å². The second-order valence-corrected chi connectivity index (χ2v) is 5.68. The monoisotopic (exact) mass is 268 g/mol. The number of halogens is 1. The number of alkyl halides is 1. The highest BCUT2D eigenvalue weighted by atomic mass is 35.5. The summed E-state index contributed by atoms with van der Waals surface area (Å²) in [7, 11) is 1.77. The summed E-state index contributed by atoms with van der Waals surface area (Å²) in [6.45, 7) is 2.22. The Balaban J connectivity index is 2.08. The lowest BCUT2D eigenvalue weighted by Gasteiger charge is -2.41. The number of carbonyl (C=O) groups excluding carboxylic acids is 1. The largest absolute Gasteiger partial charge is 0.292 e. The van der Waals surface area contributed by atoms with E-state index in [9.17, 15) is 4.79 Å². The zero-order valence-corrected chi connectivity index (χ0v) is 11.4. The zero-order valence-electron chi connectivity index (χ0n) is 10.6. The molecule has 1 amide bonds. The molecule has 0 aromatic carbocycles. The quantitative estimate of drug-likeness (QED) is 0.732. The first kappa shape index (κ1) is 12.0. The topological polar surface area (TPSA) is 51.0 Å². The minimum absolute atomic E-state index is 0.0595. The molecular formula is C12H17ClN4O. The van der Waals surface area contributed by atoms with Gasteiger partial charge in [0.1, 0.15) is 5.82 Å². The van der Waals surface area contributed by atoms with E-state index >= 15 is 0 Å². The molecule has 1 saturated carbocycles. The van der Waals surface area contributed by atoms with Crippen LogP contribution >= 0.6 is 11.6 Å². The summed E-state index contributed by atoms with van der Waals surface area (Å²) < 4.78 is 2.07. The van der Waals surface area contributed by atoms with Gasteiger partial charge in [-0.3, -0.25) is 14.3 Å². The first-order valence-corrected chi connectivity index (χ1v) is 6.94. The Morgan fingerprint density at radius 2 is 2.17 bits per heavy atom. The molecule has 6 heteroatoms. The van der Waals surface area contributed by atoms with E-state index in [1.165, 1.54) is 0 Å². The van der Waals surface area contributed by atoms with Gasteiger partial charge in [0.05, 0.1) is 17.8 Å². The van der Waals surface area contributed by atoms with Gasteiger partial charge in [0.15, 0.2) is 0 Å². The fourth-order valence-electron chi connectivity index (χ4n) is 3.26. The van der Waals surface area contributed by atoms with Gasteiger partial charge in [-0.2, -0.15) is 0 Å². The molecule has 98 valence electrons. The van der Waals surface area contributed by atoms with Crippen molar-refractivity contribution in [1.29, 1.82) is 0 Å². The first-order chi connectivity index (χ1) is 8.63. The van der Waals surface area contributed by atoms with Crippen LogP contribution in [-0.2, 0) is 10.7 Å². The molecule has 3 rings (SSSR count). The lowest BCUT2D eigenvalue weighted by Crippen LogP contribution is -2.46. The van der Waals surface area contributed by atoms with Crippen molar-refractivity contribution in [3.05, 3.63) is 5.82 Å². The molecule has 0 saturated heterocycles. The average Bonchev–Trinajstić information content (AvgIpc) is 2.80. The number of rotatable bonds is 1. The number of aromatic nitrogens is 3. The van der Waals surface area contributed by atoms with Crippen molar-refractivity contribution >= 4 is 23.5 Å². The van der Waals surface area contributed by atoms with Gasteiger partial charge in [-0.25, -0.2) is 0 Å². The molecule has 18 heavy (non-hydrogen) atoms. The molecule has 2 aliphatic rings. The van der Waals surface area contributed by atoms with E-state index in [-0.39, 0.29) is 17.9 Å². The van der Waals surface area contributed by atoms with Gasteiger partial charge in [0, 0.05) is 7.05 Å². The van der Waals surface area contributed by atoms with E-state index in [2.05, 4.69) is 21.7 Å². The first-order valence-electron chi connectivity index (χ1n) is 6.40. The lowest BCUT2D eigenvalue weighted by molar-refractivity contribution is -0.126. The summed E-state index contributed by atoms with van der Waals surface area (Å²) in [6, 6.07) is 0.198. The molecule has 1 aromatic heterocycles. The van der Waals surface area contributed by atoms with Crippen molar-refractivity contribution in [3.8, 4) is 0 Å². The number of hydrogen-bond acceptors (Lipinski definition) is 3. The fourth-order valence-corrected chi connectivity index (χ4v) is 3.44. The van der Waals surface area contributed by atoms with Crippen LogP contribution in [0.15, 0.2) is 0 Å². The number of hydrogen-bond donors (Lipinski definition) is 0. The Hall–Kier alpha value is -1.10. The summed E-state index contributed by atoms with van der Waals surface area (Å²) in [4.78, 5) is 14.0. The summed E-state index contributed by atoms with van der Waals surface area (Å²) >= 11 is 5.92. The van der Waals surface area contributed by atoms with E-state index in [0.717, 1.165) is 25.1 Å². The molecule has 5 nitrogen and oxygen atoms in total. The molecule has 1 aromatic rings. The molecule has 1 fully saturated rings. The van der Waals surface area contributed by atoms with Crippen molar-refractivity contribution in [3.63, 3.8) is 0 Å². The summed E-state index contributed by atoms with van der Waals surface area (Å²) in [5, 5.41) is 8.20. The number of anilines is 1. The number of carbonyl (C=O) groups is 1. The highest BCUT2D eigenvalue weighted by molar-refractivity contribution is 6.16. The minimum atomic E-state index is 0.0595. The van der Waals surface area contributed by atoms with Crippen molar-refractivity contribution < 1.29 is 4.79 Å². The molecule has 0 spiro atoms. The summed E-state index contributed by atoms with van der Waals surface area (Å²) in [6.07, 6.45) is 3.12. The third-order valence-electron chi connectivity index (χ3n) is 4.22. The third kappa shape index (κ3) is 1.56. The molecule has 3 atom stereocenters. The highest BCUT2D eigenvalue weighted by Crippen LogP contribution is 2.43. The van der Waals surface area contributed by atoms with Crippen LogP contribution in [0.3, 0.4) is 0 Å². The fraction of sp³-hybridized carbons (Fsp3) is 0.750. The van der Waals surface area contributed by atoms with Gasteiger partial charge >= 0.3 is 0 Å². The van der Waals surface area contributed by atoms with E-state index in [0.29, 0.717) is 17.7 Å². The van der Waals surface area contributed by atoms with Gasteiger partial charge in [-0.15, -0.1) is 21.8 Å². The molecule has 0 radical (unpaired) electrons. The molecule has 0 N–H and O–H groups in total. The smallest absolute Gasteiger partial charge is 0.234 e. The van der Waals surface area contributed by atoms with E-state index in [4.69, 9.17) is 11.6 Å². The summed E-state index contributed by atoms with van der Waals surface area (Å²) in [5.41, 5.74) is 0. The van der Waals surface area contributed by atoms with Gasteiger partial charge < -0.3 is 0 Å². The SMILES string of the molecule is CC1CCC2C(C1)C(=O)N(C)c1nnc(CCl)n12.